The molecular formula is C12H24N2O. The van der Waals surface area contributed by atoms with Crippen LogP contribution in [0.5, 0.6) is 0 Å². The van der Waals surface area contributed by atoms with Gasteiger partial charge in [-0.2, -0.15) is 0 Å². The molecule has 1 atom stereocenters. The SMILES string of the molecule is C1CCN(CCNC[C@H]2CCCO2)CC1. The van der Waals surface area contributed by atoms with Crippen molar-refractivity contribution in [2.24, 2.45) is 0 Å². The normalized spacial score (nSPS) is 28.4. The Morgan fingerprint density at radius 2 is 2.00 bits per heavy atom. The number of nitrogens with one attached hydrogen (secondary N) is 1. The van der Waals surface area contributed by atoms with E-state index in [9.17, 15) is 0 Å². The number of nitrogens with zero attached hydrogens (tertiary/aromatic N) is 1. The van der Waals surface area contributed by atoms with Crippen molar-refractivity contribution in [1.29, 1.82) is 0 Å². The third-order valence-electron chi connectivity index (χ3n) is 3.45. The van der Waals surface area contributed by atoms with E-state index in [0.717, 1.165) is 19.7 Å². The Bertz CT molecular complexity index is 163. The van der Waals surface area contributed by atoms with Crippen molar-refractivity contribution in [3.63, 3.8) is 0 Å². The van der Waals surface area contributed by atoms with Gasteiger partial charge in [0.25, 0.3) is 0 Å². The highest BCUT2D eigenvalue weighted by Crippen LogP contribution is 2.10. The van der Waals surface area contributed by atoms with E-state index >= 15 is 0 Å². The van der Waals surface area contributed by atoms with Crippen LogP contribution in [0, 0.1) is 0 Å². The first-order valence-electron chi connectivity index (χ1n) is 6.50. The van der Waals surface area contributed by atoms with Gasteiger partial charge in [-0.15, -0.1) is 0 Å². The van der Waals surface area contributed by atoms with E-state index in [4.69, 9.17) is 4.74 Å². The molecule has 0 unspecified atom stereocenters. The maximum atomic E-state index is 5.57. The molecule has 3 heteroatoms. The van der Waals surface area contributed by atoms with Crippen LogP contribution in [0.1, 0.15) is 32.1 Å². The molecule has 2 saturated heterocycles. The molecule has 0 aromatic heterocycles. The zero-order valence-electron chi connectivity index (χ0n) is 9.71. The molecular weight excluding hydrogens is 188 g/mol. The molecule has 2 heterocycles. The molecule has 0 bridgehead atoms. The van der Waals surface area contributed by atoms with Crippen LogP contribution >= 0.6 is 0 Å². The third kappa shape index (κ3) is 4.09. The lowest BCUT2D eigenvalue weighted by atomic mass is 10.1. The van der Waals surface area contributed by atoms with Gasteiger partial charge in [0, 0.05) is 26.2 Å². The number of ether oxygens (including phenoxy) is 1. The van der Waals surface area contributed by atoms with Gasteiger partial charge >= 0.3 is 0 Å². The second-order valence-electron chi connectivity index (χ2n) is 4.74. The van der Waals surface area contributed by atoms with Gasteiger partial charge in [0.05, 0.1) is 6.10 Å². The minimum atomic E-state index is 0.492. The fourth-order valence-corrected chi connectivity index (χ4v) is 2.49. The van der Waals surface area contributed by atoms with E-state index in [1.165, 1.54) is 51.7 Å². The molecule has 3 nitrogen and oxygen atoms in total. The molecule has 0 aromatic carbocycles. The highest BCUT2D eigenvalue weighted by molar-refractivity contribution is 4.69. The monoisotopic (exact) mass is 212 g/mol. The Labute approximate surface area is 93.2 Å². The molecule has 2 aliphatic rings. The number of hydrogen-bond acceptors (Lipinski definition) is 3. The lowest BCUT2D eigenvalue weighted by molar-refractivity contribution is 0.109. The summed E-state index contributed by atoms with van der Waals surface area (Å²) in [6, 6.07) is 0. The second kappa shape index (κ2) is 6.46. The van der Waals surface area contributed by atoms with Gasteiger partial charge in [0.15, 0.2) is 0 Å². The molecule has 0 aliphatic carbocycles. The van der Waals surface area contributed by atoms with Crippen molar-refractivity contribution in [3.8, 4) is 0 Å². The number of likely N-dealkylation sites (tertiary alicyclic amines) is 1. The lowest BCUT2D eigenvalue weighted by Gasteiger charge is -2.26. The molecule has 0 saturated carbocycles. The van der Waals surface area contributed by atoms with Gasteiger partial charge in [0.2, 0.25) is 0 Å². The largest absolute Gasteiger partial charge is 0.377 e. The number of rotatable bonds is 5. The highest BCUT2D eigenvalue weighted by Gasteiger charge is 2.14. The molecule has 0 spiro atoms. The highest BCUT2D eigenvalue weighted by atomic mass is 16.5. The van der Waals surface area contributed by atoms with E-state index in [1.807, 2.05) is 0 Å². The van der Waals surface area contributed by atoms with Gasteiger partial charge < -0.3 is 15.0 Å². The standard InChI is InChI=1S/C12H24N2O/c1-2-7-14(8-3-1)9-6-13-11-12-5-4-10-15-12/h12-13H,1-11H2/t12-/m1/s1. The summed E-state index contributed by atoms with van der Waals surface area (Å²) in [6.45, 7) is 6.97. The van der Waals surface area contributed by atoms with Gasteiger partial charge in [-0.05, 0) is 38.8 Å². The maximum Gasteiger partial charge on any atom is 0.0700 e. The van der Waals surface area contributed by atoms with E-state index in [0.29, 0.717) is 6.10 Å². The van der Waals surface area contributed by atoms with Crippen molar-refractivity contribution in [2.75, 3.05) is 39.3 Å². The van der Waals surface area contributed by atoms with Crippen molar-refractivity contribution in [1.82, 2.24) is 10.2 Å². The molecule has 2 rings (SSSR count). The van der Waals surface area contributed by atoms with E-state index in [-0.39, 0.29) is 0 Å². The zero-order valence-corrected chi connectivity index (χ0v) is 9.71. The van der Waals surface area contributed by atoms with Crippen molar-refractivity contribution in [2.45, 2.75) is 38.2 Å². The van der Waals surface area contributed by atoms with Gasteiger partial charge in [-0.25, -0.2) is 0 Å². The Kier molecular flexibility index (Phi) is 4.90. The summed E-state index contributed by atoms with van der Waals surface area (Å²) >= 11 is 0. The molecule has 2 fully saturated rings. The maximum absolute atomic E-state index is 5.57. The van der Waals surface area contributed by atoms with Crippen LogP contribution < -0.4 is 5.32 Å². The average molecular weight is 212 g/mol. The Hall–Kier alpha value is -0.120. The van der Waals surface area contributed by atoms with Crippen LogP contribution in [0.15, 0.2) is 0 Å². The smallest absolute Gasteiger partial charge is 0.0700 e. The average Bonchev–Trinajstić information content (AvgIpc) is 2.79. The van der Waals surface area contributed by atoms with Crippen LogP contribution in [0.3, 0.4) is 0 Å². The fourth-order valence-electron chi connectivity index (χ4n) is 2.49. The van der Waals surface area contributed by atoms with Gasteiger partial charge in [-0.3, -0.25) is 0 Å². The Morgan fingerprint density at radius 1 is 1.13 bits per heavy atom. The third-order valence-corrected chi connectivity index (χ3v) is 3.45. The van der Waals surface area contributed by atoms with E-state index < -0.39 is 0 Å². The summed E-state index contributed by atoms with van der Waals surface area (Å²) in [7, 11) is 0. The summed E-state index contributed by atoms with van der Waals surface area (Å²) < 4.78 is 5.57. The van der Waals surface area contributed by atoms with Crippen LogP contribution in [-0.2, 0) is 4.74 Å². The van der Waals surface area contributed by atoms with Gasteiger partial charge in [0.1, 0.15) is 0 Å². The molecule has 0 aromatic rings. The van der Waals surface area contributed by atoms with Crippen molar-refractivity contribution in [3.05, 3.63) is 0 Å². The van der Waals surface area contributed by atoms with Crippen LogP contribution in [0.25, 0.3) is 0 Å². The van der Waals surface area contributed by atoms with E-state index in [1.54, 1.807) is 0 Å². The molecule has 88 valence electrons. The minimum Gasteiger partial charge on any atom is -0.377 e. The van der Waals surface area contributed by atoms with Gasteiger partial charge in [-0.1, -0.05) is 6.42 Å². The Morgan fingerprint density at radius 3 is 2.73 bits per heavy atom. The van der Waals surface area contributed by atoms with Crippen LogP contribution in [0.4, 0.5) is 0 Å². The quantitative estimate of drug-likeness (QED) is 0.694. The van der Waals surface area contributed by atoms with Crippen LogP contribution in [-0.4, -0.2) is 50.3 Å². The minimum absolute atomic E-state index is 0.492. The van der Waals surface area contributed by atoms with Crippen molar-refractivity contribution >= 4 is 0 Å². The molecule has 15 heavy (non-hydrogen) atoms. The summed E-state index contributed by atoms with van der Waals surface area (Å²) in [4.78, 5) is 2.58. The molecule has 2 aliphatic heterocycles. The lowest BCUT2D eigenvalue weighted by Crippen LogP contribution is -2.37. The zero-order chi connectivity index (χ0) is 10.3. The molecule has 1 N–H and O–H groups in total. The summed E-state index contributed by atoms with van der Waals surface area (Å²) in [6.07, 6.45) is 7.21. The van der Waals surface area contributed by atoms with Crippen molar-refractivity contribution < 1.29 is 4.74 Å². The predicted molar refractivity (Wildman–Crippen MR) is 62.1 cm³/mol. The number of piperidine rings is 1. The first kappa shape index (κ1) is 11.4. The van der Waals surface area contributed by atoms with E-state index in [2.05, 4.69) is 10.2 Å². The Balaban J connectivity index is 1.47. The topological polar surface area (TPSA) is 24.5 Å². The second-order valence-corrected chi connectivity index (χ2v) is 4.74. The van der Waals surface area contributed by atoms with Crippen LogP contribution in [0.2, 0.25) is 0 Å². The molecule has 0 amide bonds. The predicted octanol–water partition coefficient (Wildman–Crippen LogP) is 1.24. The summed E-state index contributed by atoms with van der Waals surface area (Å²) in [5.41, 5.74) is 0. The summed E-state index contributed by atoms with van der Waals surface area (Å²) in [5, 5.41) is 3.51. The summed E-state index contributed by atoms with van der Waals surface area (Å²) in [5.74, 6) is 0. The first-order chi connectivity index (χ1) is 7.45. The fraction of sp³-hybridized carbons (Fsp3) is 1.00. The molecule has 0 radical (unpaired) electrons. The number of hydrogen-bond donors (Lipinski definition) is 1. The first-order valence-corrected chi connectivity index (χ1v) is 6.50.